The molecule has 3 aromatic rings. The number of pyridine rings is 2. The molecule has 1 aromatic carbocycles. The van der Waals surface area contributed by atoms with Crippen molar-refractivity contribution in [2.45, 2.75) is 6.92 Å². The first-order valence-corrected chi connectivity index (χ1v) is 6.49. The lowest BCUT2D eigenvalue weighted by molar-refractivity contribution is 0.102. The predicted molar refractivity (Wildman–Crippen MR) is 81.5 cm³/mol. The van der Waals surface area contributed by atoms with Gasteiger partial charge in [-0.1, -0.05) is 18.2 Å². The van der Waals surface area contributed by atoms with Gasteiger partial charge in [-0.3, -0.25) is 9.59 Å². The molecule has 0 aliphatic heterocycles. The molecule has 2 N–H and O–H groups in total. The molecule has 2 heterocycles. The van der Waals surface area contributed by atoms with Gasteiger partial charge in [-0.05, 0) is 30.7 Å². The molecule has 0 atom stereocenters. The number of aromatic nitrogens is 2. The molecule has 0 unspecified atom stereocenters. The van der Waals surface area contributed by atoms with Crippen LogP contribution in [0.3, 0.4) is 0 Å². The van der Waals surface area contributed by atoms with Crippen LogP contribution in [0.15, 0.2) is 53.5 Å². The largest absolute Gasteiger partial charge is 0.322 e. The molecule has 0 spiro atoms. The zero-order valence-electron chi connectivity index (χ0n) is 11.4. The van der Waals surface area contributed by atoms with Crippen molar-refractivity contribution in [1.82, 2.24) is 9.97 Å². The third-order valence-electron chi connectivity index (χ3n) is 3.15. The van der Waals surface area contributed by atoms with E-state index in [1.165, 1.54) is 6.07 Å². The maximum Gasteiger partial charge on any atom is 0.257 e. The fraction of sp³-hybridized carbons (Fsp3) is 0.0625. The second-order valence-electron chi connectivity index (χ2n) is 4.77. The maximum absolute atomic E-state index is 12.4. The Kier molecular flexibility index (Phi) is 3.23. The monoisotopic (exact) mass is 279 g/mol. The molecule has 1 amide bonds. The second-order valence-corrected chi connectivity index (χ2v) is 4.77. The van der Waals surface area contributed by atoms with Crippen molar-refractivity contribution >= 4 is 22.6 Å². The Bertz CT molecular complexity index is 884. The lowest BCUT2D eigenvalue weighted by Crippen LogP contribution is -2.17. The highest BCUT2D eigenvalue weighted by molar-refractivity contribution is 6.11. The number of para-hydroxylation sites is 1. The highest BCUT2D eigenvalue weighted by Gasteiger charge is 2.12. The van der Waals surface area contributed by atoms with Gasteiger partial charge >= 0.3 is 0 Å². The Morgan fingerprint density at radius 2 is 2.00 bits per heavy atom. The number of carbonyl (C=O) groups is 1. The zero-order chi connectivity index (χ0) is 14.8. The van der Waals surface area contributed by atoms with Gasteiger partial charge in [0.05, 0.1) is 5.56 Å². The first-order valence-electron chi connectivity index (χ1n) is 6.49. The van der Waals surface area contributed by atoms with Crippen LogP contribution < -0.4 is 10.9 Å². The number of nitrogens with one attached hydrogen (secondary N) is 2. The normalized spacial score (nSPS) is 10.5. The molecule has 0 fully saturated rings. The van der Waals surface area contributed by atoms with Crippen molar-refractivity contribution in [2.75, 3.05) is 5.32 Å². The molecular weight excluding hydrogens is 266 g/mol. The zero-order valence-corrected chi connectivity index (χ0v) is 11.4. The van der Waals surface area contributed by atoms with Crippen LogP contribution in [0, 0.1) is 6.92 Å². The van der Waals surface area contributed by atoms with Crippen LogP contribution in [0.4, 0.5) is 5.82 Å². The molecule has 3 rings (SSSR count). The van der Waals surface area contributed by atoms with E-state index in [9.17, 15) is 9.59 Å². The molecular formula is C16H13N3O2. The fourth-order valence-corrected chi connectivity index (χ4v) is 2.18. The van der Waals surface area contributed by atoms with Gasteiger partial charge < -0.3 is 10.3 Å². The van der Waals surface area contributed by atoms with E-state index in [2.05, 4.69) is 15.3 Å². The van der Waals surface area contributed by atoms with Crippen LogP contribution in [0.25, 0.3) is 10.9 Å². The van der Waals surface area contributed by atoms with Crippen LogP contribution in [0.5, 0.6) is 0 Å². The number of anilines is 1. The van der Waals surface area contributed by atoms with Crippen LogP contribution in [-0.2, 0) is 0 Å². The molecule has 0 aliphatic carbocycles. The summed E-state index contributed by atoms with van der Waals surface area (Å²) >= 11 is 0. The summed E-state index contributed by atoms with van der Waals surface area (Å²) in [7, 11) is 0. The van der Waals surface area contributed by atoms with Crippen molar-refractivity contribution in [3.8, 4) is 0 Å². The number of benzene rings is 1. The Balaban J connectivity index is 2.04. The first-order chi connectivity index (χ1) is 10.1. The second kappa shape index (κ2) is 5.20. The number of H-pyrrole nitrogens is 1. The summed E-state index contributed by atoms with van der Waals surface area (Å²) in [4.78, 5) is 30.8. The number of hydrogen-bond donors (Lipinski definition) is 2. The highest BCUT2D eigenvalue weighted by Crippen LogP contribution is 2.16. The quantitative estimate of drug-likeness (QED) is 0.756. The molecule has 0 radical (unpaired) electrons. The number of hydrogen-bond acceptors (Lipinski definition) is 3. The Labute approximate surface area is 120 Å². The summed E-state index contributed by atoms with van der Waals surface area (Å²) in [5.41, 5.74) is 1.65. The van der Waals surface area contributed by atoms with Crippen molar-refractivity contribution < 1.29 is 4.79 Å². The molecule has 104 valence electrons. The third-order valence-corrected chi connectivity index (χ3v) is 3.15. The van der Waals surface area contributed by atoms with Gasteiger partial charge in [0.2, 0.25) is 5.56 Å². The summed E-state index contributed by atoms with van der Waals surface area (Å²) in [5, 5.41) is 3.41. The van der Waals surface area contributed by atoms with Crippen LogP contribution >= 0.6 is 0 Å². The highest BCUT2D eigenvalue weighted by atomic mass is 16.2. The lowest BCUT2D eigenvalue weighted by atomic mass is 10.1. The van der Waals surface area contributed by atoms with E-state index in [1.807, 2.05) is 25.1 Å². The summed E-state index contributed by atoms with van der Waals surface area (Å²) in [6.45, 7) is 1.92. The predicted octanol–water partition coefficient (Wildman–Crippen LogP) is 2.48. The summed E-state index contributed by atoms with van der Waals surface area (Å²) in [5.74, 6) is 0.111. The van der Waals surface area contributed by atoms with E-state index in [0.717, 1.165) is 5.56 Å². The van der Waals surface area contributed by atoms with Gasteiger partial charge in [0.15, 0.2) is 0 Å². The summed E-state index contributed by atoms with van der Waals surface area (Å²) in [6.07, 6.45) is 1.63. The first kappa shape index (κ1) is 13.1. The molecule has 5 heteroatoms. The van der Waals surface area contributed by atoms with E-state index >= 15 is 0 Å². The van der Waals surface area contributed by atoms with Gasteiger partial charge in [-0.2, -0.15) is 0 Å². The molecule has 0 bridgehead atoms. The minimum atomic E-state index is -0.351. The van der Waals surface area contributed by atoms with Gasteiger partial charge in [0.25, 0.3) is 5.91 Å². The van der Waals surface area contributed by atoms with Gasteiger partial charge in [-0.25, -0.2) is 4.98 Å². The minimum Gasteiger partial charge on any atom is -0.322 e. The van der Waals surface area contributed by atoms with Crippen molar-refractivity contribution in [3.63, 3.8) is 0 Å². The average Bonchev–Trinajstić information content (AvgIpc) is 2.46. The van der Waals surface area contributed by atoms with Crippen molar-refractivity contribution in [3.05, 3.63) is 70.1 Å². The minimum absolute atomic E-state index is 0.309. The number of amides is 1. The number of aromatic amines is 1. The van der Waals surface area contributed by atoms with Crippen molar-refractivity contribution in [1.29, 1.82) is 0 Å². The molecule has 0 saturated heterocycles. The summed E-state index contributed by atoms with van der Waals surface area (Å²) in [6, 6.07) is 12.1. The van der Waals surface area contributed by atoms with E-state index in [4.69, 9.17) is 0 Å². The lowest BCUT2D eigenvalue weighted by Gasteiger charge is -2.07. The molecule has 0 saturated carbocycles. The van der Waals surface area contributed by atoms with Gasteiger partial charge in [0, 0.05) is 23.2 Å². The SMILES string of the molecule is Cc1ccnc(NC(=O)c2cc(=O)[nH]c3ccccc23)c1. The standard InChI is InChI=1S/C16H13N3O2/c1-10-6-7-17-14(8-10)19-16(21)12-9-15(20)18-13-5-3-2-4-11(12)13/h2-9H,1H3,(H,18,20)(H,17,19,21). The molecule has 2 aromatic heterocycles. The molecule has 21 heavy (non-hydrogen) atoms. The van der Waals surface area contributed by atoms with Crippen LogP contribution in [-0.4, -0.2) is 15.9 Å². The summed E-state index contributed by atoms with van der Waals surface area (Å²) < 4.78 is 0. The molecule has 5 nitrogen and oxygen atoms in total. The van der Waals surface area contributed by atoms with Gasteiger partial charge in [-0.15, -0.1) is 0 Å². The van der Waals surface area contributed by atoms with Crippen LogP contribution in [0.2, 0.25) is 0 Å². The third kappa shape index (κ3) is 2.67. The maximum atomic E-state index is 12.4. The van der Waals surface area contributed by atoms with Gasteiger partial charge in [0.1, 0.15) is 5.82 Å². The number of rotatable bonds is 2. The van der Waals surface area contributed by atoms with Crippen LogP contribution in [0.1, 0.15) is 15.9 Å². The van der Waals surface area contributed by atoms with E-state index in [0.29, 0.717) is 22.3 Å². The number of fused-ring (bicyclic) bond motifs is 1. The molecule has 0 aliphatic rings. The number of nitrogens with zero attached hydrogens (tertiary/aromatic N) is 1. The number of aryl methyl sites for hydroxylation is 1. The van der Waals surface area contributed by atoms with E-state index in [-0.39, 0.29) is 11.5 Å². The number of carbonyl (C=O) groups excluding carboxylic acids is 1. The fourth-order valence-electron chi connectivity index (χ4n) is 2.18. The Morgan fingerprint density at radius 3 is 2.81 bits per heavy atom. The Hall–Kier alpha value is -2.95. The van der Waals surface area contributed by atoms with E-state index < -0.39 is 0 Å². The van der Waals surface area contributed by atoms with E-state index in [1.54, 1.807) is 24.4 Å². The Morgan fingerprint density at radius 1 is 1.19 bits per heavy atom. The topological polar surface area (TPSA) is 74.8 Å². The average molecular weight is 279 g/mol. The van der Waals surface area contributed by atoms with Crippen molar-refractivity contribution in [2.24, 2.45) is 0 Å². The smallest absolute Gasteiger partial charge is 0.257 e.